The third-order valence-corrected chi connectivity index (χ3v) is 10.5. The number of carbonyl (C=O) groups excluding carboxylic acids is 1. The van der Waals surface area contributed by atoms with Crippen molar-refractivity contribution in [3.05, 3.63) is 11.6 Å². The summed E-state index contributed by atoms with van der Waals surface area (Å²) in [5, 5.41) is 44.0. The first-order valence-electron chi connectivity index (χ1n) is 13.2. The Morgan fingerprint density at radius 2 is 1.83 bits per heavy atom. The van der Waals surface area contributed by atoms with Gasteiger partial charge in [-0.2, -0.15) is 0 Å². The van der Waals surface area contributed by atoms with Gasteiger partial charge < -0.3 is 29.9 Å². The molecule has 3 unspecified atom stereocenters. The second kappa shape index (κ2) is 9.78. The van der Waals surface area contributed by atoms with E-state index < -0.39 is 34.9 Å². The van der Waals surface area contributed by atoms with E-state index in [1.807, 2.05) is 4.90 Å². The van der Waals surface area contributed by atoms with E-state index in [0.717, 1.165) is 24.8 Å². The molecule has 35 heavy (non-hydrogen) atoms. The van der Waals surface area contributed by atoms with Crippen molar-refractivity contribution in [3.63, 3.8) is 0 Å². The number of allylic oxidation sites excluding steroid dienone is 1. The minimum atomic E-state index is -1.11. The normalized spacial score (nSPS) is 44.9. The average Bonchev–Trinajstić information content (AvgIpc) is 3.07. The number of fused-ring (bicyclic) bond motifs is 5. The highest BCUT2D eigenvalue weighted by atomic mass is 16.5. The molecule has 10 atom stereocenters. The molecule has 0 heterocycles. The zero-order valence-corrected chi connectivity index (χ0v) is 21.9. The van der Waals surface area contributed by atoms with Crippen LogP contribution in [-0.4, -0.2) is 95.2 Å². The molecule has 0 aromatic rings. The number of hydrogen-bond donors (Lipinski definition) is 4. The van der Waals surface area contributed by atoms with Crippen molar-refractivity contribution in [1.82, 2.24) is 4.90 Å². The van der Waals surface area contributed by atoms with E-state index in [1.165, 1.54) is 0 Å². The molecule has 0 aromatic carbocycles. The Hall–Kier alpha value is -0.870. The average molecular weight is 496 g/mol. The van der Waals surface area contributed by atoms with Gasteiger partial charge in [-0.1, -0.05) is 13.8 Å². The summed E-state index contributed by atoms with van der Waals surface area (Å²) in [6, 6.07) is -0.0271. The molecule has 0 spiro atoms. The number of hydrogen-bond acceptors (Lipinski definition) is 8. The molecule has 3 fully saturated rings. The van der Waals surface area contributed by atoms with Crippen LogP contribution in [0, 0.1) is 28.6 Å². The molecule has 3 saturated carbocycles. The third-order valence-electron chi connectivity index (χ3n) is 10.5. The molecule has 4 aliphatic carbocycles. The molecule has 0 aliphatic heterocycles. The van der Waals surface area contributed by atoms with Crippen LogP contribution in [0.5, 0.6) is 0 Å². The maximum absolute atomic E-state index is 13.3. The van der Waals surface area contributed by atoms with Crippen LogP contribution in [0.25, 0.3) is 0 Å². The van der Waals surface area contributed by atoms with Crippen LogP contribution in [0.15, 0.2) is 11.6 Å². The molecule has 0 amide bonds. The summed E-state index contributed by atoms with van der Waals surface area (Å²) in [7, 11) is 3.21. The second-order valence-electron chi connectivity index (χ2n) is 12.1. The van der Waals surface area contributed by atoms with Gasteiger partial charge in [0, 0.05) is 38.1 Å². The predicted molar refractivity (Wildman–Crippen MR) is 130 cm³/mol. The van der Waals surface area contributed by atoms with Crippen LogP contribution in [0.1, 0.15) is 59.3 Å². The van der Waals surface area contributed by atoms with Gasteiger partial charge in [-0.05, 0) is 74.3 Å². The SMILES string of the molecule is COCCN(C(O)COC)C(C)[C@H]1CC[C@@]2(O)C3=CC(=O)[C@@H]4C[C@@H](O)[C@@H](O)C[C@]4(C)C3CC[C@]12C. The van der Waals surface area contributed by atoms with Crippen molar-refractivity contribution in [1.29, 1.82) is 0 Å². The van der Waals surface area contributed by atoms with Crippen molar-refractivity contribution in [2.24, 2.45) is 28.6 Å². The lowest BCUT2D eigenvalue weighted by Gasteiger charge is -2.60. The number of methoxy groups -OCH3 is 2. The molecule has 200 valence electrons. The Balaban J connectivity index is 1.66. The molecule has 4 N–H and O–H groups in total. The number of nitrogens with zero attached hydrogens (tertiary/aromatic N) is 1. The van der Waals surface area contributed by atoms with E-state index in [-0.39, 0.29) is 42.6 Å². The largest absolute Gasteiger partial charge is 0.390 e. The highest BCUT2D eigenvalue weighted by Crippen LogP contribution is 2.67. The van der Waals surface area contributed by atoms with Crippen LogP contribution < -0.4 is 0 Å². The molecule has 0 aromatic heterocycles. The fraction of sp³-hybridized carbons (Fsp3) is 0.889. The van der Waals surface area contributed by atoms with Crippen molar-refractivity contribution in [2.45, 2.75) is 89.4 Å². The smallest absolute Gasteiger partial charge is 0.159 e. The van der Waals surface area contributed by atoms with Gasteiger partial charge in [0.05, 0.1) is 31.0 Å². The monoisotopic (exact) mass is 495 g/mol. The second-order valence-corrected chi connectivity index (χ2v) is 12.1. The third kappa shape index (κ3) is 4.13. The summed E-state index contributed by atoms with van der Waals surface area (Å²) < 4.78 is 10.5. The van der Waals surface area contributed by atoms with Crippen molar-refractivity contribution in [2.75, 3.05) is 34.0 Å². The summed E-state index contributed by atoms with van der Waals surface area (Å²) in [5.41, 5.74) is -1.21. The zero-order chi connectivity index (χ0) is 25.8. The summed E-state index contributed by atoms with van der Waals surface area (Å²) >= 11 is 0. The van der Waals surface area contributed by atoms with Crippen LogP contribution in [0.3, 0.4) is 0 Å². The molecule has 0 saturated heterocycles. The number of ketones is 1. The van der Waals surface area contributed by atoms with E-state index in [4.69, 9.17) is 9.47 Å². The van der Waals surface area contributed by atoms with Gasteiger partial charge in [0.2, 0.25) is 0 Å². The first-order chi connectivity index (χ1) is 16.4. The first-order valence-corrected chi connectivity index (χ1v) is 13.2. The summed E-state index contributed by atoms with van der Waals surface area (Å²) in [6.45, 7) is 7.55. The van der Waals surface area contributed by atoms with Gasteiger partial charge in [-0.3, -0.25) is 9.69 Å². The minimum absolute atomic E-state index is 0.00292. The zero-order valence-electron chi connectivity index (χ0n) is 21.9. The first kappa shape index (κ1) is 27.2. The van der Waals surface area contributed by atoms with Crippen LogP contribution >= 0.6 is 0 Å². The Kier molecular flexibility index (Phi) is 7.59. The van der Waals surface area contributed by atoms with E-state index in [2.05, 4.69) is 20.8 Å². The number of aliphatic hydroxyl groups is 4. The molecule has 0 radical (unpaired) electrons. The Labute approximate surface area is 209 Å². The molecular formula is C27H45NO7. The van der Waals surface area contributed by atoms with Crippen molar-refractivity contribution < 1.29 is 34.7 Å². The maximum atomic E-state index is 13.3. The summed E-state index contributed by atoms with van der Waals surface area (Å²) in [4.78, 5) is 15.3. The topological polar surface area (TPSA) is 120 Å². The van der Waals surface area contributed by atoms with Crippen molar-refractivity contribution in [3.8, 4) is 0 Å². The quantitative estimate of drug-likeness (QED) is 0.374. The van der Waals surface area contributed by atoms with E-state index in [1.54, 1.807) is 20.3 Å². The molecule has 4 rings (SSSR count). The minimum Gasteiger partial charge on any atom is -0.390 e. The van der Waals surface area contributed by atoms with Gasteiger partial charge in [0.1, 0.15) is 6.23 Å². The molecule has 0 bridgehead atoms. The van der Waals surface area contributed by atoms with E-state index >= 15 is 0 Å². The highest BCUT2D eigenvalue weighted by Gasteiger charge is 2.67. The lowest BCUT2D eigenvalue weighted by molar-refractivity contribution is -0.156. The van der Waals surface area contributed by atoms with Crippen LogP contribution in [-0.2, 0) is 14.3 Å². The van der Waals surface area contributed by atoms with Crippen LogP contribution in [0.2, 0.25) is 0 Å². The molecular weight excluding hydrogens is 450 g/mol. The van der Waals surface area contributed by atoms with Crippen LogP contribution in [0.4, 0.5) is 0 Å². The predicted octanol–water partition coefficient (Wildman–Crippen LogP) is 1.49. The fourth-order valence-electron chi connectivity index (χ4n) is 8.48. The number of rotatable bonds is 8. The van der Waals surface area contributed by atoms with Gasteiger partial charge in [-0.25, -0.2) is 0 Å². The summed E-state index contributed by atoms with van der Waals surface area (Å²) in [6.07, 6.45) is 2.82. The standard InChI is InChI=1S/C27H45NO7/c1-16(28(10-11-34-4)24(32)15-35-5)17-7-9-27(33)19-12-21(29)20-13-22(30)23(31)14-25(20,2)18(19)6-8-26(17,27)3/h12,16-18,20,22-24,30-33H,6-11,13-15H2,1-5H3/t16?,17-,18?,20+,22-,23+,24?,25-,26-,27-/m1/s1. The summed E-state index contributed by atoms with van der Waals surface area (Å²) in [5.74, 6) is -0.246. The number of aliphatic hydroxyl groups excluding tert-OH is 3. The Morgan fingerprint density at radius 1 is 1.11 bits per heavy atom. The van der Waals surface area contributed by atoms with Gasteiger partial charge >= 0.3 is 0 Å². The molecule has 4 aliphatic rings. The number of carbonyl (C=O) groups is 1. The number of ether oxygens (including phenoxy) is 2. The fourth-order valence-corrected chi connectivity index (χ4v) is 8.48. The highest BCUT2D eigenvalue weighted by molar-refractivity contribution is 5.95. The van der Waals surface area contributed by atoms with E-state index in [9.17, 15) is 25.2 Å². The Bertz CT molecular complexity index is 834. The molecule has 8 heteroatoms. The molecule has 8 nitrogen and oxygen atoms in total. The lowest BCUT2D eigenvalue weighted by atomic mass is 9.46. The van der Waals surface area contributed by atoms with E-state index in [0.29, 0.717) is 26.0 Å². The lowest BCUT2D eigenvalue weighted by Crippen LogP contribution is -2.62. The van der Waals surface area contributed by atoms with Crippen molar-refractivity contribution >= 4 is 5.78 Å². The Morgan fingerprint density at radius 3 is 2.49 bits per heavy atom. The van der Waals surface area contributed by atoms with Gasteiger partial charge in [0.15, 0.2) is 5.78 Å². The maximum Gasteiger partial charge on any atom is 0.159 e. The van der Waals surface area contributed by atoms with Gasteiger partial charge in [-0.15, -0.1) is 0 Å². The van der Waals surface area contributed by atoms with Gasteiger partial charge in [0.25, 0.3) is 0 Å².